The number of carbonyl (C=O) groups is 2. The molecule has 0 fully saturated rings. The molecule has 0 unspecified atom stereocenters. The summed E-state index contributed by atoms with van der Waals surface area (Å²) in [6.45, 7) is 4.10. The van der Waals surface area contributed by atoms with Gasteiger partial charge in [-0.3, -0.25) is 9.59 Å². The number of hydrogen-bond donors (Lipinski definition) is 1. The third kappa shape index (κ3) is 8.21. The van der Waals surface area contributed by atoms with Gasteiger partial charge in [-0.25, -0.2) is 4.98 Å². The number of nitrogens with one attached hydrogen (secondary N) is 1. The highest BCUT2D eigenvalue weighted by Crippen LogP contribution is 2.15. The van der Waals surface area contributed by atoms with Gasteiger partial charge in [0.1, 0.15) is 12.3 Å². The number of anilines is 1. The van der Waals surface area contributed by atoms with Gasteiger partial charge >= 0.3 is 0 Å². The molecule has 2 amide bonds. The van der Waals surface area contributed by atoms with Gasteiger partial charge in [-0.15, -0.1) is 11.3 Å². The Bertz CT molecular complexity index is 748. The molecule has 1 heterocycles. The molecule has 0 aliphatic carbocycles. The van der Waals surface area contributed by atoms with Crippen molar-refractivity contribution in [2.24, 2.45) is 0 Å². The summed E-state index contributed by atoms with van der Waals surface area (Å²) in [7, 11) is 3.97. The van der Waals surface area contributed by atoms with Crippen LogP contribution in [0.25, 0.3) is 0 Å². The third-order valence-corrected chi connectivity index (χ3v) is 4.89. The van der Waals surface area contributed by atoms with Crippen LogP contribution in [0, 0.1) is 0 Å². The van der Waals surface area contributed by atoms with Gasteiger partial charge in [0.25, 0.3) is 5.91 Å². The van der Waals surface area contributed by atoms with Crippen molar-refractivity contribution in [2.45, 2.75) is 26.2 Å². The zero-order valence-corrected chi connectivity index (χ0v) is 18.2. The zero-order chi connectivity index (χ0) is 21.1. The van der Waals surface area contributed by atoms with Gasteiger partial charge in [-0.2, -0.15) is 0 Å². The third-order valence-electron chi connectivity index (χ3n) is 4.20. The fourth-order valence-electron chi connectivity index (χ4n) is 2.66. The van der Waals surface area contributed by atoms with Gasteiger partial charge in [-0.05, 0) is 57.7 Å². The first-order valence-electron chi connectivity index (χ1n) is 9.85. The van der Waals surface area contributed by atoms with Gasteiger partial charge in [0.15, 0.2) is 5.13 Å². The van der Waals surface area contributed by atoms with E-state index in [1.54, 1.807) is 40.7 Å². The average molecular weight is 419 g/mol. The van der Waals surface area contributed by atoms with Gasteiger partial charge in [0.05, 0.1) is 6.61 Å². The SMILES string of the molecule is CCCCOc1ccc(C(=O)N(CCCN(C)C)CC(=O)Nc2nccs2)cc1. The maximum Gasteiger partial charge on any atom is 0.254 e. The number of amides is 2. The Morgan fingerprint density at radius 1 is 1.14 bits per heavy atom. The summed E-state index contributed by atoms with van der Waals surface area (Å²) in [5.41, 5.74) is 0.541. The largest absolute Gasteiger partial charge is 0.494 e. The van der Waals surface area contributed by atoms with Crippen molar-refractivity contribution in [1.29, 1.82) is 0 Å². The van der Waals surface area contributed by atoms with Crippen molar-refractivity contribution in [1.82, 2.24) is 14.8 Å². The van der Waals surface area contributed by atoms with Crippen molar-refractivity contribution in [3.05, 3.63) is 41.4 Å². The van der Waals surface area contributed by atoms with E-state index >= 15 is 0 Å². The summed E-state index contributed by atoms with van der Waals surface area (Å²) in [5, 5.41) is 5.06. The van der Waals surface area contributed by atoms with Crippen LogP contribution in [0.2, 0.25) is 0 Å². The number of aromatic nitrogens is 1. The summed E-state index contributed by atoms with van der Waals surface area (Å²) >= 11 is 1.35. The molecule has 0 aliphatic rings. The fraction of sp³-hybridized carbons (Fsp3) is 0.476. The number of rotatable bonds is 12. The van der Waals surface area contributed by atoms with Gasteiger partial charge in [-0.1, -0.05) is 13.3 Å². The van der Waals surface area contributed by atoms with Gasteiger partial charge in [0.2, 0.25) is 5.91 Å². The monoisotopic (exact) mass is 418 g/mol. The average Bonchev–Trinajstić information content (AvgIpc) is 3.20. The standard InChI is InChI=1S/C21H30N4O3S/c1-4-5-14-28-18-9-7-17(8-10-18)20(27)25(13-6-12-24(2)3)16-19(26)23-21-22-11-15-29-21/h7-11,15H,4-6,12-14,16H2,1-3H3,(H,22,23,26). The van der Waals surface area contributed by atoms with Crippen molar-refractivity contribution in [3.8, 4) is 5.75 Å². The van der Waals surface area contributed by atoms with E-state index in [0.29, 0.717) is 23.8 Å². The number of unbranched alkanes of at least 4 members (excludes halogenated alkanes) is 1. The lowest BCUT2D eigenvalue weighted by Gasteiger charge is -2.23. The second kappa shape index (κ2) is 12.2. The van der Waals surface area contributed by atoms with Crippen molar-refractivity contribution < 1.29 is 14.3 Å². The normalized spacial score (nSPS) is 10.8. The molecule has 0 saturated heterocycles. The lowest BCUT2D eigenvalue weighted by Crippen LogP contribution is -2.39. The van der Waals surface area contributed by atoms with Crippen LogP contribution >= 0.6 is 11.3 Å². The Morgan fingerprint density at radius 2 is 1.90 bits per heavy atom. The van der Waals surface area contributed by atoms with Crippen molar-refractivity contribution in [2.75, 3.05) is 45.7 Å². The van der Waals surface area contributed by atoms with Crippen LogP contribution < -0.4 is 10.1 Å². The Hall–Kier alpha value is -2.45. The molecule has 7 nitrogen and oxygen atoms in total. The number of ether oxygens (including phenoxy) is 1. The highest BCUT2D eigenvalue weighted by Gasteiger charge is 2.19. The van der Waals surface area contributed by atoms with Crippen LogP contribution in [0.3, 0.4) is 0 Å². The molecule has 0 bridgehead atoms. The van der Waals surface area contributed by atoms with E-state index in [1.165, 1.54) is 11.3 Å². The molecule has 1 aromatic carbocycles. The van der Waals surface area contributed by atoms with E-state index < -0.39 is 0 Å². The Labute approximate surface area is 176 Å². The molecule has 158 valence electrons. The molecule has 2 aromatic rings. The number of carbonyl (C=O) groups excluding carboxylic acids is 2. The van der Waals surface area contributed by atoms with E-state index in [1.807, 2.05) is 14.1 Å². The molecule has 0 spiro atoms. The Kier molecular flexibility index (Phi) is 9.59. The molecule has 1 N–H and O–H groups in total. The van der Waals surface area contributed by atoms with Crippen LogP contribution in [0.4, 0.5) is 5.13 Å². The van der Waals surface area contributed by atoms with E-state index in [4.69, 9.17) is 4.74 Å². The molecule has 8 heteroatoms. The number of thiazole rings is 1. The molecule has 1 aromatic heterocycles. The number of benzene rings is 1. The predicted octanol–water partition coefficient (Wildman–Crippen LogP) is 3.35. The van der Waals surface area contributed by atoms with Crippen molar-refractivity contribution >= 4 is 28.3 Å². The fourth-order valence-corrected chi connectivity index (χ4v) is 3.20. The van der Waals surface area contributed by atoms with Crippen LogP contribution in [0.1, 0.15) is 36.5 Å². The summed E-state index contributed by atoms with van der Waals surface area (Å²) in [5.74, 6) is 0.325. The summed E-state index contributed by atoms with van der Waals surface area (Å²) in [6.07, 6.45) is 4.47. The molecule has 0 radical (unpaired) electrons. The lowest BCUT2D eigenvalue weighted by atomic mass is 10.2. The summed E-state index contributed by atoms with van der Waals surface area (Å²) in [4.78, 5) is 33.1. The number of nitrogens with zero attached hydrogens (tertiary/aromatic N) is 3. The van der Waals surface area contributed by atoms with E-state index in [2.05, 4.69) is 22.1 Å². The maximum atomic E-state index is 13.0. The van der Waals surface area contributed by atoms with Gasteiger partial charge in [0, 0.05) is 23.7 Å². The topological polar surface area (TPSA) is 74.8 Å². The minimum absolute atomic E-state index is 0.0133. The van der Waals surface area contributed by atoms with Gasteiger partial charge < -0.3 is 19.9 Å². The molecule has 29 heavy (non-hydrogen) atoms. The molecule has 0 aliphatic heterocycles. The molecule has 0 saturated carbocycles. The first-order valence-corrected chi connectivity index (χ1v) is 10.7. The molecule has 2 rings (SSSR count). The van der Waals surface area contributed by atoms with Crippen LogP contribution in [-0.2, 0) is 4.79 Å². The van der Waals surface area contributed by atoms with Crippen LogP contribution in [0.15, 0.2) is 35.8 Å². The van der Waals surface area contributed by atoms with Crippen molar-refractivity contribution in [3.63, 3.8) is 0 Å². The highest BCUT2D eigenvalue weighted by atomic mass is 32.1. The Morgan fingerprint density at radius 3 is 2.52 bits per heavy atom. The zero-order valence-electron chi connectivity index (χ0n) is 17.4. The minimum Gasteiger partial charge on any atom is -0.494 e. The summed E-state index contributed by atoms with van der Waals surface area (Å²) in [6, 6.07) is 7.11. The first kappa shape index (κ1) is 22.8. The smallest absolute Gasteiger partial charge is 0.254 e. The van der Waals surface area contributed by atoms with E-state index in [9.17, 15) is 9.59 Å². The number of hydrogen-bond acceptors (Lipinski definition) is 6. The Balaban J connectivity index is 2.01. The lowest BCUT2D eigenvalue weighted by molar-refractivity contribution is -0.116. The molecule has 0 atom stereocenters. The van der Waals surface area contributed by atoms with E-state index in [0.717, 1.165) is 31.6 Å². The second-order valence-corrected chi connectivity index (χ2v) is 7.89. The second-order valence-electron chi connectivity index (χ2n) is 7.00. The van der Waals surface area contributed by atoms with Crippen LogP contribution in [-0.4, -0.2) is 66.9 Å². The summed E-state index contributed by atoms with van der Waals surface area (Å²) < 4.78 is 5.66. The highest BCUT2D eigenvalue weighted by molar-refractivity contribution is 7.13. The minimum atomic E-state index is -0.252. The van der Waals surface area contributed by atoms with E-state index in [-0.39, 0.29) is 18.4 Å². The maximum absolute atomic E-state index is 13.0. The quantitative estimate of drug-likeness (QED) is 0.535. The first-order chi connectivity index (χ1) is 14.0. The predicted molar refractivity (Wildman–Crippen MR) is 117 cm³/mol. The molecular weight excluding hydrogens is 388 g/mol. The van der Waals surface area contributed by atoms with Crippen LogP contribution in [0.5, 0.6) is 5.75 Å². The molecular formula is C21H30N4O3S.